The molecule has 4 rings (SSSR count). The number of aryl methyl sites for hydroxylation is 3. The molecule has 0 aliphatic carbocycles. The molecule has 0 spiro atoms. The largest absolute Gasteiger partial charge is 0.495 e. The van der Waals surface area contributed by atoms with Crippen molar-refractivity contribution in [2.45, 2.75) is 71.0 Å². The van der Waals surface area contributed by atoms with Crippen molar-refractivity contribution in [3.05, 3.63) is 125 Å². The number of hydrogen-bond donors (Lipinski definition) is 1. The van der Waals surface area contributed by atoms with Crippen molar-refractivity contribution < 1.29 is 22.7 Å². The van der Waals surface area contributed by atoms with Crippen molar-refractivity contribution in [2.75, 3.05) is 18.0 Å². The van der Waals surface area contributed by atoms with E-state index in [1.165, 1.54) is 24.1 Å². The average Bonchev–Trinajstić information content (AvgIpc) is 3.05. The fourth-order valence-corrected chi connectivity index (χ4v) is 6.76. The van der Waals surface area contributed by atoms with Gasteiger partial charge in [-0.1, -0.05) is 90.8 Å². The van der Waals surface area contributed by atoms with E-state index in [0.717, 1.165) is 32.1 Å². The van der Waals surface area contributed by atoms with Gasteiger partial charge in [-0.25, -0.2) is 8.42 Å². The molecule has 0 heterocycles. The normalized spacial score (nSPS) is 12.6. The summed E-state index contributed by atoms with van der Waals surface area (Å²) in [7, 11) is -2.79. The van der Waals surface area contributed by atoms with Gasteiger partial charge >= 0.3 is 0 Å². The lowest BCUT2D eigenvalue weighted by atomic mass is 10.0. The third-order valence-corrected chi connectivity index (χ3v) is 9.97. The lowest BCUT2D eigenvalue weighted by Crippen LogP contribution is -2.54. The van der Waals surface area contributed by atoms with E-state index >= 15 is 0 Å². The van der Waals surface area contributed by atoms with Gasteiger partial charge in [0.1, 0.15) is 18.3 Å². The van der Waals surface area contributed by atoms with Gasteiger partial charge in [-0.3, -0.25) is 13.9 Å². The first-order chi connectivity index (χ1) is 22.4. The Hall–Kier alpha value is -4.63. The van der Waals surface area contributed by atoms with E-state index in [9.17, 15) is 18.0 Å². The summed E-state index contributed by atoms with van der Waals surface area (Å²) < 4.78 is 35.5. The second-order valence-electron chi connectivity index (χ2n) is 12.0. The van der Waals surface area contributed by atoms with E-state index in [1.807, 2.05) is 95.3 Å². The molecule has 2 unspecified atom stereocenters. The second-order valence-corrected chi connectivity index (χ2v) is 13.9. The van der Waals surface area contributed by atoms with Crippen molar-refractivity contribution in [3.8, 4) is 5.75 Å². The van der Waals surface area contributed by atoms with Gasteiger partial charge in [0.15, 0.2) is 0 Å². The summed E-state index contributed by atoms with van der Waals surface area (Å²) >= 11 is 0. The number of nitrogens with one attached hydrogen (secondary N) is 1. The van der Waals surface area contributed by atoms with Crippen molar-refractivity contribution in [2.24, 2.45) is 0 Å². The third-order valence-electron chi connectivity index (χ3n) is 8.20. The van der Waals surface area contributed by atoms with Crippen LogP contribution in [0.5, 0.6) is 5.75 Å². The maximum Gasteiger partial charge on any atom is 0.264 e. The number of hydrogen-bond acceptors (Lipinski definition) is 5. The van der Waals surface area contributed by atoms with Crippen LogP contribution in [0.2, 0.25) is 0 Å². The Labute approximate surface area is 279 Å². The second kappa shape index (κ2) is 15.8. The molecule has 2 atom stereocenters. The molecule has 47 heavy (non-hydrogen) atoms. The number of carbonyl (C=O) groups excluding carboxylic acids is 2. The van der Waals surface area contributed by atoms with E-state index in [0.29, 0.717) is 12.2 Å². The molecule has 8 nitrogen and oxygen atoms in total. The quantitative estimate of drug-likeness (QED) is 0.170. The molecule has 4 aromatic carbocycles. The van der Waals surface area contributed by atoms with Crippen LogP contribution in [0.4, 0.5) is 5.69 Å². The van der Waals surface area contributed by atoms with Gasteiger partial charge in [-0.15, -0.1) is 0 Å². The molecule has 0 aliphatic heterocycles. The minimum Gasteiger partial charge on any atom is -0.495 e. The van der Waals surface area contributed by atoms with Gasteiger partial charge in [0, 0.05) is 19.0 Å². The highest BCUT2D eigenvalue weighted by molar-refractivity contribution is 7.92. The van der Waals surface area contributed by atoms with Crippen LogP contribution < -0.4 is 14.4 Å². The van der Waals surface area contributed by atoms with Gasteiger partial charge in [0.2, 0.25) is 11.8 Å². The maximum absolute atomic E-state index is 14.7. The molecule has 0 bridgehead atoms. The summed E-state index contributed by atoms with van der Waals surface area (Å²) in [4.78, 5) is 30.3. The standard InChI is InChI=1S/C38H45N3O5S/c1-7-30(5)39-38(43)35(24-31-13-9-8-10-14-31)40(25-32-15-11-12-28(3)22-32)37(42)26-41(34-23-29(4)18-21-36(34)46-6)47(44,45)33-19-16-27(2)17-20-33/h8-23,30,35H,7,24-26H2,1-6H3,(H,39,43). The molecule has 0 aliphatic rings. The fraction of sp³-hybridized carbons (Fsp3) is 0.316. The maximum atomic E-state index is 14.7. The predicted octanol–water partition coefficient (Wildman–Crippen LogP) is 6.37. The van der Waals surface area contributed by atoms with Gasteiger partial charge in [0.25, 0.3) is 10.0 Å². The highest BCUT2D eigenvalue weighted by Gasteiger charge is 2.36. The van der Waals surface area contributed by atoms with Crippen LogP contribution in [-0.4, -0.2) is 50.9 Å². The summed E-state index contributed by atoms with van der Waals surface area (Å²) in [5, 5.41) is 3.07. The summed E-state index contributed by atoms with van der Waals surface area (Å²) in [6.07, 6.45) is 0.963. The number of benzene rings is 4. The molecule has 0 saturated carbocycles. The van der Waals surface area contributed by atoms with Crippen LogP contribution in [0.15, 0.2) is 102 Å². The van der Waals surface area contributed by atoms with Crippen molar-refractivity contribution >= 4 is 27.5 Å². The Bertz CT molecular complexity index is 1780. The van der Waals surface area contributed by atoms with E-state index in [1.54, 1.807) is 24.3 Å². The molecule has 0 radical (unpaired) electrons. The third kappa shape index (κ3) is 9.01. The number of methoxy groups -OCH3 is 1. The molecule has 0 fully saturated rings. The molecular formula is C38H45N3O5S. The number of ether oxygens (including phenoxy) is 1. The van der Waals surface area contributed by atoms with Gasteiger partial charge < -0.3 is 15.0 Å². The zero-order valence-corrected chi connectivity index (χ0v) is 28.9. The molecule has 1 N–H and O–H groups in total. The SMILES string of the molecule is CCC(C)NC(=O)C(Cc1ccccc1)N(Cc1cccc(C)c1)C(=O)CN(c1cc(C)ccc1OC)S(=O)(=O)c1ccc(C)cc1. The highest BCUT2D eigenvalue weighted by atomic mass is 32.2. The number of anilines is 1. The highest BCUT2D eigenvalue weighted by Crippen LogP contribution is 2.34. The lowest BCUT2D eigenvalue weighted by Gasteiger charge is -2.34. The zero-order chi connectivity index (χ0) is 34.1. The van der Waals surface area contributed by atoms with E-state index in [4.69, 9.17) is 4.74 Å². The Balaban J connectivity index is 1.86. The van der Waals surface area contributed by atoms with Crippen LogP contribution in [0.25, 0.3) is 0 Å². The summed E-state index contributed by atoms with van der Waals surface area (Å²) in [6.45, 7) is 9.15. The average molecular weight is 656 g/mol. The van der Waals surface area contributed by atoms with Crippen LogP contribution in [0.1, 0.15) is 48.1 Å². The van der Waals surface area contributed by atoms with Crippen LogP contribution in [0, 0.1) is 20.8 Å². The zero-order valence-electron chi connectivity index (χ0n) is 28.1. The minimum atomic E-state index is -4.25. The number of nitrogens with zero attached hydrogens (tertiary/aromatic N) is 2. The smallest absolute Gasteiger partial charge is 0.264 e. The topological polar surface area (TPSA) is 96.0 Å². The monoisotopic (exact) mass is 655 g/mol. The number of amides is 2. The van der Waals surface area contributed by atoms with Crippen molar-refractivity contribution in [1.82, 2.24) is 10.2 Å². The van der Waals surface area contributed by atoms with Crippen LogP contribution in [-0.2, 0) is 32.6 Å². The van der Waals surface area contributed by atoms with Gasteiger partial charge in [-0.2, -0.15) is 0 Å². The Morgan fingerprint density at radius 2 is 1.45 bits per heavy atom. The number of rotatable bonds is 14. The Morgan fingerprint density at radius 3 is 2.09 bits per heavy atom. The molecule has 248 valence electrons. The number of sulfonamides is 1. The summed E-state index contributed by atoms with van der Waals surface area (Å²) in [6, 6.07) is 28.0. The molecule has 4 aromatic rings. The molecule has 0 saturated heterocycles. The molecule has 2 amide bonds. The Morgan fingerprint density at radius 1 is 0.809 bits per heavy atom. The van der Waals surface area contributed by atoms with E-state index < -0.39 is 28.5 Å². The summed E-state index contributed by atoms with van der Waals surface area (Å²) in [5.74, 6) is -0.518. The summed E-state index contributed by atoms with van der Waals surface area (Å²) in [5.41, 5.74) is 4.65. The number of carbonyl (C=O) groups is 2. The molecular weight excluding hydrogens is 611 g/mol. The van der Waals surface area contributed by atoms with Crippen LogP contribution >= 0.6 is 0 Å². The first kappa shape index (κ1) is 35.2. The van der Waals surface area contributed by atoms with E-state index in [-0.39, 0.29) is 35.5 Å². The van der Waals surface area contributed by atoms with Gasteiger partial charge in [-0.05, 0) is 75.1 Å². The van der Waals surface area contributed by atoms with Gasteiger partial charge in [0.05, 0.1) is 17.7 Å². The first-order valence-corrected chi connectivity index (χ1v) is 17.3. The van der Waals surface area contributed by atoms with Crippen molar-refractivity contribution in [1.29, 1.82) is 0 Å². The van der Waals surface area contributed by atoms with E-state index in [2.05, 4.69) is 5.32 Å². The minimum absolute atomic E-state index is 0.0417. The molecule has 9 heteroatoms. The van der Waals surface area contributed by atoms with Crippen molar-refractivity contribution in [3.63, 3.8) is 0 Å². The lowest BCUT2D eigenvalue weighted by molar-refractivity contribution is -0.140. The first-order valence-electron chi connectivity index (χ1n) is 15.9. The Kier molecular flexibility index (Phi) is 11.8. The fourth-order valence-electron chi connectivity index (χ4n) is 5.35. The molecule has 0 aromatic heterocycles. The van der Waals surface area contributed by atoms with Crippen LogP contribution in [0.3, 0.4) is 0 Å². The predicted molar refractivity (Wildman–Crippen MR) is 187 cm³/mol.